The van der Waals surface area contributed by atoms with Crippen molar-refractivity contribution in [2.45, 2.75) is 32.2 Å². The second-order valence-corrected chi connectivity index (χ2v) is 5.00. The minimum absolute atomic E-state index is 0.0795. The Morgan fingerprint density at radius 2 is 2.31 bits per heavy atom. The van der Waals surface area contributed by atoms with Gasteiger partial charge in [-0.2, -0.15) is 0 Å². The number of carbonyl (C=O) groups excluding carboxylic acids is 1. The smallest absolute Gasteiger partial charge is 0.225 e. The van der Waals surface area contributed by atoms with Gasteiger partial charge >= 0.3 is 0 Å². The molecule has 0 bridgehead atoms. The monoisotopic (exact) mass is 226 g/mol. The third-order valence-corrected chi connectivity index (χ3v) is 3.64. The third-order valence-electron chi connectivity index (χ3n) is 3.64. The fourth-order valence-electron chi connectivity index (χ4n) is 2.48. The lowest BCUT2D eigenvalue weighted by molar-refractivity contribution is -0.130. The quantitative estimate of drug-likeness (QED) is 0.722. The van der Waals surface area contributed by atoms with Crippen molar-refractivity contribution in [2.24, 2.45) is 11.8 Å². The highest BCUT2D eigenvalue weighted by Gasteiger charge is 2.27. The van der Waals surface area contributed by atoms with Crippen LogP contribution in [0.4, 0.5) is 0 Å². The molecule has 3 unspecified atom stereocenters. The fourth-order valence-corrected chi connectivity index (χ4v) is 2.48. The van der Waals surface area contributed by atoms with E-state index in [2.05, 4.69) is 17.6 Å². The molecule has 0 aromatic heterocycles. The standard InChI is InChI=1S/C12H22N2O2/c1-9-7-13-5-4-11(9)14-12(15)10-3-2-6-16-8-10/h9-11,13H,2-8H2,1H3,(H,14,15). The molecular weight excluding hydrogens is 204 g/mol. The maximum atomic E-state index is 12.0. The zero-order valence-electron chi connectivity index (χ0n) is 10.00. The molecule has 4 heteroatoms. The third kappa shape index (κ3) is 2.95. The summed E-state index contributed by atoms with van der Waals surface area (Å²) in [6, 6.07) is 0.343. The number of piperidine rings is 1. The summed E-state index contributed by atoms with van der Waals surface area (Å²) < 4.78 is 5.35. The Morgan fingerprint density at radius 1 is 1.44 bits per heavy atom. The van der Waals surface area contributed by atoms with E-state index in [1.165, 1.54) is 0 Å². The maximum absolute atomic E-state index is 12.0. The van der Waals surface area contributed by atoms with E-state index in [1.807, 2.05) is 0 Å². The lowest BCUT2D eigenvalue weighted by Crippen LogP contribution is -2.50. The Labute approximate surface area is 97.1 Å². The van der Waals surface area contributed by atoms with Crippen LogP contribution in [0.2, 0.25) is 0 Å². The Hall–Kier alpha value is -0.610. The van der Waals surface area contributed by atoms with Crippen molar-refractivity contribution in [1.29, 1.82) is 0 Å². The van der Waals surface area contributed by atoms with Crippen LogP contribution >= 0.6 is 0 Å². The van der Waals surface area contributed by atoms with Crippen LogP contribution in [-0.2, 0) is 9.53 Å². The minimum atomic E-state index is 0.0795. The summed E-state index contributed by atoms with van der Waals surface area (Å²) in [5.41, 5.74) is 0. The first-order valence-corrected chi connectivity index (χ1v) is 6.36. The van der Waals surface area contributed by atoms with Gasteiger partial charge < -0.3 is 15.4 Å². The molecule has 0 radical (unpaired) electrons. The SMILES string of the molecule is CC1CNCCC1NC(=O)C1CCCOC1. The van der Waals surface area contributed by atoms with Crippen LogP contribution in [0.1, 0.15) is 26.2 Å². The van der Waals surface area contributed by atoms with Crippen molar-refractivity contribution in [3.8, 4) is 0 Å². The Bertz CT molecular complexity index is 239. The van der Waals surface area contributed by atoms with Crippen LogP contribution in [-0.4, -0.2) is 38.3 Å². The van der Waals surface area contributed by atoms with E-state index < -0.39 is 0 Å². The summed E-state index contributed by atoms with van der Waals surface area (Å²) in [7, 11) is 0. The summed E-state index contributed by atoms with van der Waals surface area (Å²) in [5, 5.41) is 6.52. The highest BCUT2D eigenvalue weighted by Crippen LogP contribution is 2.16. The van der Waals surface area contributed by atoms with Crippen molar-refractivity contribution < 1.29 is 9.53 Å². The number of hydrogen-bond acceptors (Lipinski definition) is 3. The van der Waals surface area contributed by atoms with Gasteiger partial charge in [-0.1, -0.05) is 6.92 Å². The molecule has 16 heavy (non-hydrogen) atoms. The number of nitrogens with one attached hydrogen (secondary N) is 2. The van der Waals surface area contributed by atoms with Crippen LogP contribution in [0.3, 0.4) is 0 Å². The van der Waals surface area contributed by atoms with Crippen LogP contribution in [0.5, 0.6) is 0 Å². The van der Waals surface area contributed by atoms with E-state index in [0.29, 0.717) is 18.6 Å². The van der Waals surface area contributed by atoms with Crippen molar-refractivity contribution in [1.82, 2.24) is 10.6 Å². The Balaban J connectivity index is 1.80. The summed E-state index contributed by atoms with van der Waals surface area (Å²) in [5.74, 6) is 0.802. The molecule has 3 atom stereocenters. The van der Waals surface area contributed by atoms with Gasteiger partial charge in [0.15, 0.2) is 0 Å². The van der Waals surface area contributed by atoms with E-state index >= 15 is 0 Å². The topological polar surface area (TPSA) is 50.4 Å². The van der Waals surface area contributed by atoms with Gasteiger partial charge in [-0.25, -0.2) is 0 Å². The highest BCUT2D eigenvalue weighted by atomic mass is 16.5. The molecule has 0 aromatic carbocycles. The van der Waals surface area contributed by atoms with E-state index in [-0.39, 0.29) is 11.8 Å². The highest BCUT2D eigenvalue weighted by molar-refractivity contribution is 5.79. The molecule has 2 fully saturated rings. The maximum Gasteiger partial charge on any atom is 0.225 e. The lowest BCUT2D eigenvalue weighted by Gasteiger charge is -2.32. The molecule has 0 aliphatic carbocycles. The van der Waals surface area contributed by atoms with Crippen molar-refractivity contribution in [3.63, 3.8) is 0 Å². The minimum Gasteiger partial charge on any atom is -0.381 e. The van der Waals surface area contributed by atoms with E-state index in [1.54, 1.807) is 0 Å². The number of amides is 1. The first-order valence-electron chi connectivity index (χ1n) is 6.36. The van der Waals surface area contributed by atoms with Gasteiger partial charge in [-0.15, -0.1) is 0 Å². The van der Waals surface area contributed by atoms with Crippen LogP contribution in [0.25, 0.3) is 0 Å². The second kappa shape index (κ2) is 5.64. The Kier molecular flexibility index (Phi) is 4.18. The fraction of sp³-hybridized carbons (Fsp3) is 0.917. The predicted octanol–water partition coefficient (Wildman–Crippen LogP) is 0.527. The summed E-state index contributed by atoms with van der Waals surface area (Å²) in [6.45, 7) is 5.62. The molecule has 2 heterocycles. The van der Waals surface area contributed by atoms with Crippen molar-refractivity contribution >= 4 is 5.91 Å². The Morgan fingerprint density at radius 3 is 3.00 bits per heavy atom. The molecule has 4 nitrogen and oxygen atoms in total. The number of carbonyl (C=O) groups is 1. The van der Waals surface area contributed by atoms with E-state index in [9.17, 15) is 4.79 Å². The number of ether oxygens (including phenoxy) is 1. The van der Waals surface area contributed by atoms with Gasteiger partial charge in [-0.3, -0.25) is 4.79 Å². The predicted molar refractivity (Wildman–Crippen MR) is 62.1 cm³/mol. The molecular formula is C12H22N2O2. The average molecular weight is 226 g/mol. The first-order chi connectivity index (χ1) is 7.77. The largest absolute Gasteiger partial charge is 0.381 e. The molecule has 0 aromatic rings. The van der Waals surface area contributed by atoms with Crippen molar-refractivity contribution in [2.75, 3.05) is 26.3 Å². The molecule has 0 spiro atoms. The molecule has 1 amide bonds. The van der Waals surface area contributed by atoms with Crippen molar-refractivity contribution in [3.05, 3.63) is 0 Å². The molecule has 2 saturated heterocycles. The molecule has 2 aliphatic rings. The second-order valence-electron chi connectivity index (χ2n) is 5.00. The number of hydrogen-bond donors (Lipinski definition) is 2. The lowest BCUT2D eigenvalue weighted by atomic mass is 9.93. The van der Waals surface area contributed by atoms with Crippen LogP contribution in [0.15, 0.2) is 0 Å². The van der Waals surface area contributed by atoms with Gasteiger partial charge in [0.2, 0.25) is 5.91 Å². The zero-order valence-corrected chi connectivity index (χ0v) is 10.00. The zero-order chi connectivity index (χ0) is 11.4. The molecule has 2 rings (SSSR count). The normalized spacial score (nSPS) is 35.7. The molecule has 2 aliphatic heterocycles. The van der Waals surface area contributed by atoms with Gasteiger partial charge in [0, 0.05) is 12.6 Å². The van der Waals surface area contributed by atoms with E-state index in [0.717, 1.165) is 39.0 Å². The van der Waals surface area contributed by atoms with Crippen LogP contribution < -0.4 is 10.6 Å². The summed E-state index contributed by atoms with van der Waals surface area (Å²) >= 11 is 0. The van der Waals surface area contributed by atoms with Gasteiger partial charge in [-0.05, 0) is 38.3 Å². The van der Waals surface area contributed by atoms with Gasteiger partial charge in [0.25, 0.3) is 0 Å². The summed E-state index contributed by atoms with van der Waals surface area (Å²) in [6.07, 6.45) is 3.03. The molecule has 2 N–H and O–H groups in total. The summed E-state index contributed by atoms with van der Waals surface area (Å²) in [4.78, 5) is 12.0. The average Bonchev–Trinajstić information content (AvgIpc) is 2.33. The van der Waals surface area contributed by atoms with E-state index in [4.69, 9.17) is 4.74 Å². The molecule has 92 valence electrons. The first kappa shape index (κ1) is 11.9. The van der Waals surface area contributed by atoms with Gasteiger partial charge in [0.1, 0.15) is 0 Å². The van der Waals surface area contributed by atoms with Gasteiger partial charge in [0.05, 0.1) is 12.5 Å². The molecule has 0 saturated carbocycles. The van der Waals surface area contributed by atoms with Crippen LogP contribution in [0, 0.1) is 11.8 Å². The number of rotatable bonds is 2.